The molecule has 6 nitrogen and oxygen atoms in total. The molecule has 2 aliphatic heterocycles. The number of hydrogen-bond acceptors (Lipinski definition) is 6. The van der Waals surface area contributed by atoms with Crippen LogP contribution >= 0.6 is 0 Å². The minimum absolute atomic E-state index is 0.0423. The second kappa shape index (κ2) is 5.67. The Labute approximate surface area is 170 Å². The summed E-state index contributed by atoms with van der Waals surface area (Å²) in [4.78, 5) is 25.7. The standard InChI is InChI=1S/C23H28O6/c1-20-7-5-15(24)9-14(20)3-4-16-17-6-8-22(21(17,2)10-18(25)19(16)20)23(29-13-27-22)11-26-12-28-23/h5,7,9,16-17,19H,3-4,6,8,10-13H2,1-2H3/t16-,17-,19+,20-,21-,22+,23+/m0/s1. The molecule has 4 aliphatic carbocycles. The zero-order valence-corrected chi connectivity index (χ0v) is 17.1. The highest BCUT2D eigenvalue weighted by atomic mass is 16.9. The molecule has 0 N–H and O–H groups in total. The zero-order valence-electron chi connectivity index (χ0n) is 17.1. The highest BCUT2D eigenvalue weighted by Crippen LogP contribution is 2.70. The molecular formula is C23H28O6. The second-order valence-electron chi connectivity index (χ2n) is 10.2. The van der Waals surface area contributed by atoms with E-state index < -0.39 is 11.4 Å². The molecule has 2 spiro atoms. The molecule has 156 valence electrons. The van der Waals surface area contributed by atoms with Gasteiger partial charge in [0.1, 0.15) is 18.0 Å². The number of hydrogen-bond donors (Lipinski definition) is 0. The summed E-state index contributed by atoms with van der Waals surface area (Å²) in [6, 6.07) is 0. The summed E-state index contributed by atoms with van der Waals surface area (Å²) in [5.41, 5.74) is -0.207. The molecule has 0 unspecified atom stereocenters. The van der Waals surface area contributed by atoms with Crippen molar-refractivity contribution in [2.45, 2.75) is 57.3 Å². The first-order chi connectivity index (χ1) is 13.9. The molecule has 0 radical (unpaired) electrons. The predicted molar refractivity (Wildman–Crippen MR) is 101 cm³/mol. The zero-order chi connectivity index (χ0) is 20.1. The third-order valence-electron chi connectivity index (χ3n) is 9.26. The number of fused-ring (bicyclic) bond motifs is 7. The van der Waals surface area contributed by atoms with E-state index in [9.17, 15) is 9.59 Å². The Morgan fingerprint density at radius 3 is 2.69 bits per heavy atom. The van der Waals surface area contributed by atoms with Crippen molar-refractivity contribution in [1.29, 1.82) is 0 Å². The molecule has 29 heavy (non-hydrogen) atoms. The van der Waals surface area contributed by atoms with Gasteiger partial charge in [0, 0.05) is 23.2 Å². The number of ketones is 2. The molecule has 6 heteroatoms. The van der Waals surface area contributed by atoms with Crippen LogP contribution in [0.15, 0.2) is 23.8 Å². The van der Waals surface area contributed by atoms with E-state index in [2.05, 4.69) is 13.8 Å². The van der Waals surface area contributed by atoms with E-state index in [1.807, 2.05) is 6.08 Å². The maximum atomic E-state index is 13.7. The van der Waals surface area contributed by atoms with Crippen LogP contribution in [0.25, 0.3) is 0 Å². The largest absolute Gasteiger partial charge is 0.350 e. The van der Waals surface area contributed by atoms with Gasteiger partial charge in [-0.2, -0.15) is 0 Å². The van der Waals surface area contributed by atoms with Crippen LogP contribution in [0.1, 0.15) is 46.0 Å². The molecule has 7 atom stereocenters. The number of Topliss-reactive ketones (excluding diaryl/α,β-unsaturated/α-hetero) is 1. The van der Waals surface area contributed by atoms with Crippen molar-refractivity contribution >= 4 is 11.6 Å². The highest BCUT2D eigenvalue weighted by Gasteiger charge is 2.76. The number of rotatable bonds is 0. The summed E-state index contributed by atoms with van der Waals surface area (Å²) in [5.74, 6) is -0.00208. The van der Waals surface area contributed by atoms with Gasteiger partial charge in [0.25, 0.3) is 0 Å². The van der Waals surface area contributed by atoms with Crippen LogP contribution in [0.3, 0.4) is 0 Å². The van der Waals surface area contributed by atoms with Gasteiger partial charge in [0.05, 0.1) is 0 Å². The Morgan fingerprint density at radius 2 is 1.90 bits per heavy atom. The lowest BCUT2D eigenvalue weighted by Gasteiger charge is -2.58. The molecule has 6 aliphatic rings. The molecule has 2 heterocycles. The number of carbonyl (C=O) groups excluding carboxylic acids is 2. The van der Waals surface area contributed by atoms with Crippen LogP contribution < -0.4 is 0 Å². The fraction of sp³-hybridized carbons (Fsp3) is 0.739. The first-order valence-electron chi connectivity index (χ1n) is 10.8. The molecule has 0 aromatic carbocycles. The van der Waals surface area contributed by atoms with Crippen molar-refractivity contribution in [1.82, 2.24) is 0 Å². The second-order valence-corrected chi connectivity index (χ2v) is 10.2. The Morgan fingerprint density at radius 1 is 1.07 bits per heavy atom. The van der Waals surface area contributed by atoms with Crippen molar-refractivity contribution in [3.63, 3.8) is 0 Å². The van der Waals surface area contributed by atoms with Crippen LogP contribution in [0, 0.1) is 28.6 Å². The summed E-state index contributed by atoms with van der Waals surface area (Å²) in [6.07, 6.45) is 9.51. The third kappa shape index (κ3) is 2.02. The van der Waals surface area contributed by atoms with E-state index in [4.69, 9.17) is 18.9 Å². The average molecular weight is 400 g/mol. The van der Waals surface area contributed by atoms with E-state index in [1.54, 1.807) is 12.2 Å². The van der Waals surface area contributed by atoms with Crippen molar-refractivity contribution in [2.24, 2.45) is 28.6 Å². The molecule has 6 rings (SSSR count). The first-order valence-corrected chi connectivity index (χ1v) is 10.8. The lowest BCUT2D eigenvalue weighted by atomic mass is 9.46. The maximum absolute atomic E-state index is 13.7. The van der Waals surface area contributed by atoms with Crippen molar-refractivity contribution in [3.8, 4) is 0 Å². The van der Waals surface area contributed by atoms with Gasteiger partial charge in [-0.15, -0.1) is 0 Å². The van der Waals surface area contributed by atoms with Crippen molar-refractivity contribution in [2.75, 3.05) is 20.2 Å². The minimum Gasteiger partial charge on any atom is -0.350 e. The first kappa shape index (κ1) is 18.4. The van der Waals surface area contributed by atoms with Crippen LogP contribution in [0.2, 0.25) is 0 Å². The van der Waals surface area contributed by atoms with Crippen LogP contribution in [0.4, 0.5) is 0 Å². The van der Waals surface area contributed by atoms with Crippen LogP contribution in [0.5, 0.6) is 0 Å². The summed E-state index contributed by atoms with van der Waals surface area (Å²) >= 11 is 0. The predicted octanol–water partition coefficient (Wildman–Crippen LogP) is 2.92. The normalized spacial score (nSPS) is 53.3. The summed E-state index contributed by atoms with van der Waals surface area (Å²) in [6.45, 7) is 5.10. The monoisotopic (exact) mass is 400 g/mol. The molecule has 3 saturated carbocycles. The molecule has 0 amide bonds. The molecule has 5 fully saturated rings. The van der Waals surface area contributed by atoms with E-state index in [0.29, 0.717) is 18.9 Å². The average Bonchev–Trinajstić information content (AvgIpc) is 3.37. The van der Waals surface area contributed by atoms with Crippen LogP contribution in [-0.2, 0) is 28.5 Å². The quantitative estimate of drug-likeness (QED) is 0.623. The van der Waals surface area contributed by atoms with Gasteiger partial charge < -0.3 is 18.9 Å². The lowest BCUT2D eigenvalue weighted by Crippen LogP contribution is -2.65. The minimum atomic E-state index is -0.898. The Kier molecular flexibility index (Phi) is 3.60. The van der Waals surface area contributed by atoms with Gasteiger partial charge in [-0.3, -0.25) is 9.59 Å². The van der Waals surface area contributed by atoms with Crippen molar-refractivity contribution in [3.05, 3.63) is 23.8 Å². The fourth-order valence-electron chi connectivity index (χ4n) is 8.00. The van der Waals surface area contributed by atoms with Crippen molar-refractivity contribution < 1.29 is 28.5 Å². The maximum Gasteiger partial charge on any atom is 0.226 e. The number of carbonyl (C=O) groups is 2. The third-order valence-corrected chi connectivity index (χ3v) is 9.26. The van der Waals surface area contributed by atoms with Gasteiger partial charge >= 0.3 is 0 Å². The Bertz CT molecular complexity index is 848. The van der Waals surface area contributed by atoms with Gasteiger partial charge in [-0.1, -0.05) is 25.5 Å². The Hall–Kier alpha value is -1.34. The van der Waals surface area contributed by atoms with Gasteiger partial charge in [0.2, 0.25) is 5.79 Å². The van der Waals surface area contributed by atoms with E-state index in [0.717, 1.165) is 31.3 Å². The molecule has 0 aromatic rings. The lowest BCUT2D eigenvalue weighted by molar-refractivity contribution is -0.245. The topological polar surface area (TPSA) is 71.1 Å². The summed E-state index contributed by atoms with van der Waals surface area (Å²) < 4.78 is 23.9. The number of allylic oxidation sites excluding steroid dienone is 4. The molecule has 2 saturated heterocycles. The fourth-order valence-corrected chi connectivity index (χ4v) is 8.00. The van der Waals surface area contributed by atoms with E-state index in [-0.39, 0.29) is 47.8 Å². The van der Waals surface area contributed by atoms with Gasteiger partial charge in [-0.25, -0.2) is 0 Å². The number of ether oxygens (including phenoxy) is 4. The van der Waals surface area contributed by atoms with E-state index in [1.165, 1.54) is 0 Å². The van der Waals surface area contributed by atoms with E-state index >= 15 is 0 Å². The Balaban J connectivity index is 1.42. The summed E-state index contributed by atoms with van der Waals surface area (Å²) in [5, 5.41) is 0. The molecular weight excluding hydrogens is 372 g/mol. The van der Waals surface area contributed by atoms with Gasteiger partial charge in [-0.05, 0) is 49.7 Å². The SMILES string of the molecule is C[C@]12C=CC(=O)C=C1CC[C@@H]1[C@@H]2C(=O)C[C@@]2(C)[C@H]1CC[C@@]21OCO[C@]12COCO2. The molecule has 0 aromatic heterocycles. The summed E-state index contributed by atoms with van der Waals surface area (Å²) in [7, 11) is 0. The molecule has 0 bridgehead atoms. The van der Waals surface area contributed by atoms with Gasteiger partial charge in [0.15, 0.2) is 19.4 Å². The smallest absolute Gasteiger partial charge is 0.226 e. The van der Waals surface area contributed by atoms with Crippen LogP contribution in [-0.4, -0.2) is 43.1 Å². The highest BCUT2D eigenvalue weighted by molar-refractivity contribution is 6.01.